The van der Waals surface area contributed by atoms with Crippen LogP contribution in [0.3, 0.4) is 0 Å². The van der Waals surface area contributed by atoms with Gasteiger partial charge in [-0.1, -0.05) is 12.1 Å². The third-order valence-electron chi connectivity index (χ3n) is 2.69. The number of halogens is 2. The van der Waals surface area contributed by atoms with Crippen LogP contribution in [0.1, 0.15) is 5.56 Å². The SMILES string of the molecule is CN(Cc1ccsc1)C(=O)Nc1ccccc1OC(F)F. The predicted octanol–water partition coefficient (Wildman–Crippen LogP) is 4.01. The standard InChI is InChI=1S/C14H14F2N2O2S/c1-18(8-10-6-7-21-9-10)14(19)17-11-4-2-3-5-12(11)20-13(15)16/h2-7,9,13H,8H2,1H3,(H,17,19). The molecule has 0 aliphatic rings. The number of thiophene rings is 1. The average molecular weight is 312 g/mol. The Morgan fingerprint density at radius 2 is 2.14 bits per heavy atom. The number of anilines is 1. The van der Waals surface area contributed by atoms with Gasteiger partial charge in [-0.15, -0.1) is 0 Å². The molecule has 0 aliphatic carbocycles. The summed E-state index contributed by atoms with van der Waals surface area (Å²) in [5.41, 5.74) is 1.22. The molecule has 1 N–H and O–H groups in total. The van der Waals surface area contributed by atoms with Crippen molar-refractivity contribution in [2.45, 2.75) is 13.2 Å². The summed E-state index contributed by atoms with van der Waals surface area (Å²) < 4.78 is 29.0. The van der Waals surface area contributed by atoms with Gasteiger partial charge in [-0.2, -0.15) is 20.1 Å². The first-order valence-corrected chi connectivity index (χ1v) is 7.07. The molecule has 0 saturated carbocycles. The van der Waals surface area contributed by atoms with Gasteiger partial charge in [0.05, 0.1) is 5.69 Å². The molecule has 0 unspecified atom stereocenters. The quantitative estimate of drug-likeness (QED) is 0.906. The summed E-state index contributed by atoms with van der Waals surface area (Å²) in [5, 5.41) is 6.43. The van der Waals surface area contributed by atoms with Gasteiger partial charge >= 0.3 is 12.6 Å². The fraction of sp³-hybridized carbons (Fsp3) is 0.214. The van der Waals surface area contributed by atoms with E-state index in [1.807, 2.05) is 16.8 Å². The predicted molar refractivity (Wildman–Crippen MR) is 77.9 cm³/mol. The molecule has 0 atom stereocenters. The maximum absolute atomic E-state index is 12.3. The third kappa shape index (κ3) is 4.42. The number of hydrogen-bond acceptors (Lipinski definition) is 3. The van der Waals surface area contributed by atoms with Gasteiger partial charge < -0.3 is 15.0 Å². The number of benzene rings is 1. The van der Waals surface area contributed by atoms with Crippen LogP contribution >= 0.6 is 11.3 Å². The fourth-order valence-electron chi connectivity index (χ4n) is 1.71. The topological polar surface area (TPSA) is 41.6 Å². The van der Waals surface area contributed by atoms with Crippen molar-refractivity contribution in [3.05, 3.63) is 46.7 Å². The van der Waals surface area contributed by atoms with Gasteiger partial charge in [0, 0.05) is 13.6 Å². The number of carbonyl (C=O) groups excluding carboxylic acids is 1. The lowest BCUT2D eigenvalue weighted by molar-refractivity contribution is -0.0493. The molecule has 112 valence electrons. The van der Waals surface area contributed by atoms with Crippen LogP contribution in [-0.2, 0) is 6.54 Å². The van der Waals surface area contributed by atoms with Crippen molar-refractivity contribution in [3.8, 4) is 5.75 Å². The summed E-state index contributed by atoms with van der Waals surface area (Å²) in [7, 11) is 1.63. The summed E-state index contributed by atoms with van der Waals surface area (Å²) in [5.74, 6) is -0.0650. The minimum Gasteiger partial charge on any atom is -0.433 e. The highest BCUT2D eigenvalue weighted by Crippen LogP contribution is 2.25. The Hall–Kier alpha value is -2.15. The Kier molecular flexibility index (Phi) is 5.10. The second kappa shape index (κ2) is 7.03. The maximum Gasteiger partial charge on any atom is 0.387 e. The van der Waals surface area contributed by atoms with Gasteiger partial charge in [-0.25, -0.2) is 4.79 Å². The van der Waals surface area contributed by atoms with E-state index in [9.17, 15) is 13.6 Å². The van der Waals surface area contributed by atoms with Crippen LogP contribution < -0.4 is 10.1 Å². The zero-order valence-electron chi connectivity index (χ0n) is 11.3. The summed E-state index contributed by atoms with van der Waals surface area (Å²) in [6.07, 6.45) is 0. The highest BCUT2D eigenvalue weighted by Gasteiger charge is 2.14. The van der Waals surface area contributed by atoms with Crippen molar-refractivity contribution in [2.24, 2.45) is 0 Å². The van der Waals surface area contributed by atoms with Crippen LogP contribution in [0.4, 0.5) is 19.3 Å². The van der Waals surface area contributed by atoms with Gasteiger partial charge in [0.2, 0.25) is 0 Å². The van der Waals surface area contributed by atoms with Crippen LogP contribution in [0, 0.1) is 0 Å². The van der Waals surface area contributed by atoms with Gasteiger partial charge in [-0.3, -0.25) is 0 Å². The molecule has 0 spiro atoms. The maximum atomic E-state index is 12.3. The Bertz CT molecular complexity index is 590. The molecule has 7 heteroatoms. The van der Waals surface area contributed by atoms with Crippen LogP contribution in [0.15, 0.2) is 41.1 Å². The van der Waals surface area contributed by atoms with E-state index in [1.165, 1.54) is 17.0 Å². The zero-order chi connectivity index (χ0) is 15.2. The molecular formula is C14H14F2N2O2S. The number of nitrogens with one attached hydrogen (secondary N) is 1. The smallest absolute Gasteiger partial charge is 0.387 e. The second-order valence-corrected chi connectivity index (χ2v) is 5.07. The van der Waals surface area contributed by atoms with Gasteiger partial charge in [0.15, 0.2) is 0 Å². The second-order valence-electron chi connectivity index (χ2n) is 4.29. The molecule has 0 fully saturated rings. The highest BCUT2D eigenvalue weighted by atomic mass is 32.1. The highest BCUT2D eigenvalue weighted by molar-refractivity contribution is 7.07. The van der Waals surface area contributed by atoms with E-state index in [0.29, 0.717) is 6.54 Å². The van der Waals surface area contributed by atoms with Crippen molar-refractivity contribution in [2.75, 3.05) is 12.4 Å². The van der Waals surface area contributed by atoms with Crippen LogP contribution in [0.25, 0.3) is 0 Å². The number of para-hydroxylation sites is 2. The summed E-state index contributed by atoms with van der Waals surface area (Å²) in [6.45, 7) is -2.50. The Morgan fingerprint density at radius 1 is 1.38 bits per heavy atom. The molecule has 2 rings (SSSR count). The number of urea groups is 1. The summed E-state index contributed by atoms with van der Waals surface area (Å²) >= 11 is 1.54. The summed E-state index contributed by atoms with van der Waals surface area (Å²) in [6, 6.07) is 7.60. The normalized spacial score (nSPS) is 10.5. The lowest BCUT2D eigenvalue weighted by atomic mass is 10.3. The van der Waals surface area contributed by atoms with Gasteiger partial charge in [0.25, 0.3) is 0 Å². The Morgan fingerprint density at radius 3 is 2.81 bits per heavy atom. The Labute approximate surface area is 125 Å². The first kappa shape index (κ1) is 15.2. The average Bonchev–Trinajstić information content (AvgIpc) is 2.93. The number of ether oxygens (including phenoxy) is 1. The molecule has 0 radical (unpaired) electrons. The van der Waals surface area contributed by atoms with Crippen molar-refractivity contribution in [3.63, 3.8) is 0 Å². The van der Waals surface area contributed by atoms with E-state index in [2.05, 4.69) is 10.1 Å². The molecule has 1 heterocycles. The number of carbonyl (C=O) groups is 1. The minimum absolute atomic E-state index is 0.0650. The number of rotatable bonds is 5. The molecule has 21 heavy (non-hydrogen) atoms. The minimum atomic E-state index is -2.94. The number of nitrogens with zero attached hydrogens (tertiary/aromatic N) is 1. The molecule has 2 amide bonds. The fourth-order valence-corrected chi connectivity index (χ4v) is 2.37. The largest absolute Gasteiger partial charge is 0.433 e. The van der Waals surface area contributed by atoms with Crippen molar-refractivity contribution >= 4 is 23.1 Å². The molecule has 4 nitrogen and oxygen atoms in total. The van der Waals surface area contributed by atoms with E-state index in [4.69, 9.17) is 0 Å². The van der Waals surface area contributed by atoms with Gasteiger partial charge in [-0.05, 0) is 34.5 Å². The van der Waals surface area contributed by atoms with E-state index in [1.54, 1.807) is 30.5 Å². The van der Waals surface area contributed by atoms with Crippen LogP contribution in [0.5, 0.6) is 5.75 Å². The molecule has 0 bridgehead atoms. The first-order valence-electron chi connectivity index (χ1n) is 6.13. The third-order valence-corrected chi connectivity index (χ3v) is 3.42. The molecule has 0 aliphatic heterocycles. The van der Waals surface area contributed by atoms with Crippen molar-refractivity contribution in [1.29, 1.82) is 0 Å². The van der Waals surface area contributed by atoms with Gasteiger partial charge in [0.1, 0.15) is 5.75 Å². The zero-order valence-corrected chi connectivity index (χ0v) is 12.1. The van der Waals surface area contributed by atoms with Crippen LogP contribution in [0.2, 0.25) is 0 Å². The number of alkyl halides is 2. The first-order chi connectivity index (χ1) is 10.1. The van der Waals surface area contributed by atoms with Crippen molar-refractivity contribution in [1.82, 2.24) is 4.90 Å². The van der Waals surface area contributed by atoms with E-state index in [0.717, 1.165) is 5.56 Å². The number of amides is 2. The monoisotopic (exact) mass is 312 g/mol. The molecule has 1 aromatic heterocycles. The molecular weight excluding hydrogens is 298 g/mol. The van der Waals surface area contributed by atoms with E-state index >= 15 is 0 Å². The molecule has 0 saturated heterocycles. The Balaban J connectivity index is 2.02. The van der Waals surface area contributed by atoms with Crippen LogP contribution in [-0.4, -0.2) is 24.6 Å². The lowest BCUT2D eigenvalue weighted by Crippen LogP contribution is -2.30. The van der Waals surface area contributed by atoms with Crippen molar-refractivity contribution < 1.29 is 18.3 Å². The number of hydrogen-bond donors (Lipinski definition) is 1. The lowest BCUT2D eigenvalue weighted by Gasteiger charge is -2.18. The van der Waals surface area contributed by atoms with E-state index in [-0.39, 0.29) is 11.4 Å². The molecule has 1 aromatic carbocycles. The molecule has 2 aromatic rings. The van der Waals surface area contributed by atoms with E-state index < -0.39 is 12.6 Å². The summed E-state index contributed by atoms with van der Waals surface area (Å²) in [4.78, 5) is 13.5.